The van der Waals surface area contributed by atoms with Crippen molar-refractivity contribution in [2.24, 2.45) is 0 Å². The smallest absolute Gasteiger partial charge is 0.135 e. The van der Waals surface area contributed by atoms with Gasteiger partial charge in [0.2, 0.25) is 0 Å². The van der Waals surface area contributed by atoms with Crippen LogP contribution in [0.4, 0.5) is 22.7 Å². The zero-order valence-corrected chi connectivity index (χ0v) is 44.1. The molecule has 2 aromatic heterocycles. The van der Waals surface area contributed by atoms with Crippen molar-refractivity contribution in [2.75, 3.05) is 9.80 Å². The van der Waals surface area contributed by atoms with E-state index < -0.39 is 0 Å². The van der Waals surface area contributed by atoms with Crippen molar-refractivity contribution in [1.82, 2.24) is 9.55 Å². The van der Waals surface area contributed by atoms with Gasteiger partial charge in [-0.3, -0.25) is 0 Å². The van der Waals surface area contributed by atoms with Gasteiger partial charge >= 0.3 is 0 Å². The van der Waals surface area contributed by atoms with Crippen molar-refractivity contribution in [1.29, 1.82) is 0 Å². The Kier molecular flexibility index (Phi) is 12.5. The maximum Gasteiger partial charge on any atom is 0.135 e. The Bertz CT molecular complexity index is 3130. The van der Waals surface area contributed by atoms with E-state index in [1.807, 2.05) is 12.3 Å². The van der Waals surface area contributed by atoms with Crippen LogP contribution in [0, 0.1) is 18.8 Å². The minimum Gasteiger partial charge on any atom is -0.509 e. The topological polar surface area (TPSA) is 33.5 Å². The molecule has 0 amide bonds. The summed E-state index contributed by atoms with van der Waals surface area (Å²) in [5.41, 5.74) is 14.8. The van der Waals surface area contributed by atoms with Crippen LogP contribution in [0.25, 0.3) is 38.8 Å². The second-order valence-electron chi connectivity index (χ2n) is 22.7. The van der Waals surface area contributed by atoms with Crippen molar-refractivity contribution in [3.05, 3.63) is 174 Å². The van der Waals surface area contributed by atoms with Gasteiger partial charge in [0.15, 0.2) is 0 Å². The summed E-state index contributed by atoms with van der Waals surface area (Å²) in [5.74, 6) is 2.52. The number of anilines is 4. The number of aromatic nitrogens is 2. The molecule has 0 fully saturated rings. The molecule has 1 aliphatic rings. The number of ether oxygens (including phenoxy) is 1. The summed E-state index contributed by atoms with van der Waals surface area (Å²) in [5, 5.41) is 2.24. The van der Waals surface area contributed by atoms with E-state index in [4.69, 9.17) is 9.72 Å². The van der Waals surface area contributed by atoms with E-state index in [9.17, 15) is 0 Å². The van der Waals surface area contributed by atoms with Gasteiger partial charge in [0, 0.05) is 61.3 Å². The second-order valence-corrected chi connectivity index (χ2v) is 22.7. The summed E-state index contributed by atoms with van der Waals surface area (Å²) in [6.07, 6.45) is 1.91. The maximum atomic E-state index is 6.87. The summed E-state index contributed by atoms with van der Waals surface area (Å²) in [6, 6.07) is 51.7. The van der Waals surface area contributed by atoms with E-state index >= 15 is 0 Å². The first-order valence-corrected chi connectivity index (χ1v) is 23.5. The Morgan fingerprint density at radius 2 is 1.13 bits per heavy atom. The van der Waals surface area contributed by atoms with Gasteiger partial charge in [-0.15, -0.1) is 53.6 Å². The summed E-state index contributed by atoms with van der Waals surface area (Å²) in [6.45, 7) is 34.1. The van der Waals surface area contributed by atoms with Crippen LogP contribution in [0.3, 0.4) is 0 Å². The van der Waals surface area contributed by atoms with Crippen molar-refractivity contribution in [3.63, 3.8) is 0 Å². The molecular weight excluding hydrogens is 1000 g/mol. The van der Waals surface area contributed by atoms with E-state index in [-0.39, 0.29) is 42.7 Å². The molecule has 0 N–H and O–H groups in total. The first-order chi connectivity index (χ1) is 31.0. The standard InChI is InChI=1S/C61H65N4O.Pt/c1-39(2)40-27-41(29-44(28-40)59(6,7)8)42-30-45(60(9,10)11)32-47(31-42)63-38-64(55-22-18-17-21-54(55)63)48-33-46(61(12,13)14)34-50(36-48)66-49-23-24-52-51-19-15-16-20-53(51)65(56(52)37-49)57-35-43(25-26-62-57)58(3,4)5;/h15-35,38-39H,1-14H3;/q-3;. The summed E-state index contributed by atoms with van der Waals surface area (Å²) < 4.78 is 9.08. The van der Waals surface area contributed by atoms with Crippen LogP contribution < -0.4 is 14.5 Å². The number of nitrogens with zero attached hydrogens (tertiary/aromatic N) is 4. The minimum absolute atomic E-state index is 0. The number of hydrogen-bond donors (Lipinski definition) is 0. The predicted octanol–water partition coefficient (Wildman–Crippen LogP) is 17.0. The molecule has 0 atom stereocenters. The van der Waals surface area contributed by atoms with Crippen LogP contribution in [0.15, 0.2) is 128 Å². The zero-order valence-electron chi connectivity index (χ0n) is 41.8. The van der Waals surface area contributed by atoms with Gasteiger partial charge in [-0.25, -0.2) is 4.98 Å². The molecule has 9 rings (SSSR count). The maximum absolute atomic E-state index is 6.87. The van der Waals surface area contributed by atoms with Gasteiger partial charge in [0.1, 0.15) is 5.82 Å². The average Bonchev–Trinajstić information content (AvgIpc) is 3.81. The SMILES string of the molecule is CC(C)c1cc(-c2cc(N3[CH-]N(c4[c-]c(Oc5[c-]c6c(cc5)c5ccccc5n6-c5cc(C(C)(C)C)ccn5)cc(C(C)(C)C)c4)c4ccccc43)cc(C(C)(C)C)c2)cc(C(C)(C)C)c1.[Pt]. The molecule has 8 aromatic rings. The van der Waals surface area contributed by atoms with E-state index in [0.717, 1.165) is 55.9 Å². The molecule has 5 nitrogen and oxygen atoms in total. The first kappa shape index (κ1) is 47.8. The molecule has 3 heterocycles. The monoisotopic (exact) mass is 1060 g/mol. The van der Waals surface area contributed by atoms with Crippen LogP contribution in [-0.4, -0.2) is 9.55 Å². The first-order valence-electron chi connectivity index (χ1n) is 23.5. The fourth-order valence-corrected chi connectivity index (χ4v) is 8.89. The van der Waals surface area contributed by atoms with E-state index in [2.05, 4.69) is 245 Å². The molecule has 0 saturated carbocycles. The van der Waals surface area contributed by atoms with Gasteiger partial charge < -0.3 is 19.1 Å². The van der Waals surface area contributed by atoms with Crippen molar-refractivity contribution in [2.45, 2.75) is 125 Å². The molecule has 0 saturated heterocycles. The molecule has 348 valence electrons. The third-order valence-corrected chi connectivity index (χ3v) is 13.1. The fourth-order valence-electron chi connectivity index (χ4n) is 8.89. The predicted molar refractivity (Wildman–Crippen MR) is 279 cm³/mol. The van der Waals surface area contributed by atoms with Gasteiger partial charge in [-0.05, 0) is 109 Å². The summed E-state index contributed by atoms with van der Waals surface area (Å²) in [7, 11) is 0. The quantitative estimate of drug-likeness (QED) is 0.149. The molecule has 0 aliphatic carbocycles. The number of para-hydroxylation sites is 3. The molecular formula is C61H65N4OPt-3. The van der Waals surface area contributed by atoms with E-state index in [1.165, 1.54) is 33.4 Å². The number of benzene rings is 6. The van der Waals surface area contributed by atoms with Crippen LogP contribution in [0.5, 0.6) is 11.5 Å². The molecule has 0 bridgehead atoms. The van der Waals surface area contributed by atoms with Crippen LogP contribution in [0.1, 0.15) is 131 Å². The van der Waals surface area contributed by atoms with Crippen molar-refractivity contribution in [3.8, 4) is 28.4 Å². The molecule has 0 radical (unpaired) electrons. The average molecular weight is 1070 g/mol. The Labute approximate surface area is 414 Å². The summed E-state index contributed by atoms with van der Waals surface area (Å²) in [4.78, 5) is 9.49. The fraction of sp³-hybridized carbons (Fsp3) is 0.311. The molecule has 67 heavy (non-hydrogen) atoms. The van der Waals surface area contributed by atoms with Crippen LogP contribution in [-0.2, 0) is 42.7 Å². The van der Waals surface area contributed by atoms with E-state index in [1.54, 1.807) is 0 Å². The molecule has 6 aromatic carbocycles. The Morgan fingerprint density at radius 1 is 0.537 bits per heavy atom. The van der Waals surface area contributed by atoms with Gasteiger partial charge in [0.25, 0.3) is 0 Å². The van der Waals surface area contributed by atoms with Crippen molar-refractivity contribution >= 4 is 44.6 Å². The van der Waals surface area contributed by atoms with Crippen LogP contribution >= 0.6 is 0 Å². The summed E-state index contributed by atoms with van der Waals surface area (Å²) >= 11 is 0. The van der Waals surface area contributed by atoms with Gasteiger partial charge in [-0.1, -0.05) is 157 Å². The Balaban J connectivity index is 0.00000608. The molecule has 0 spiro atoms. The molecule has 1 aliphatic heterocycles. The third kappa shape index (κ3) is 9.47. The van der Waals surface area contributed by atoms with Gasteiger partial charge in [0.05, 0.1) is 0 Å². The van der Waals surface area contributed by atoms with E-state index in [0.29, 0.717) is 17.4 Å². The second kappa shape index (κ2) is 17.5. The Hall–Kier alpha value is -5.64. The third-order valence-electron chi connectivity index (χ3n) is 13.1. The Morgan fingerprint density at radius 3 is 1.79 bits per heavy atom. The van der Waals surface area contributed by atoms with Gasteiger partial charge in [-0.2, -0.15) is 6.07 Å². The zero-order chi connectivity index (χ0) is 47.1. The molecule has 6 heteroatoms. The number of fused-ring (bicyclic) bond motifs is 4. The number of pyridine rings is 1. The van der Waals surface area contributed by atoms with Crippen LogP contribution in [0.2, 0.25) is 0 Å². The minimum atomic E-state index is -0.170. The number of rotatable bonds is 7. The molecule has 0 unspecified atom stereocenters. The largest absolute Gasteiger partial charge is 0.509 e. The number of hydrogen-bond acceptors (Lipinski definition) is 4. The normalized spacial score (nSPS) is 13.4. The van der Waals surface area contributed by atoms with Crippen molar-refractivity contribution < 1.29 is 25.8 Å².